The van der Waals surface area contributed by atoms with Gasteiger partial charge in [-0.25, -0.2) is 13.8 Å². The second kappa shape index (κ2) is 7.83. The van der Waals surface area contributed by atoms with Crippen LogP contribution in [0.4, 0.5) is 14.7 Å². The molecule has 0 amide bonds. The Hall–Kier alpha value is -2.04. The highest BCUT2D eigenvalue weighted by Gasteiger charge is 2.35. The predicted octanol–water partition coefficient (Wildman–Crippen LogP) is 3.93. The van der Waals surface area contributed by atoms with Gasteiger partial charge < -0.3 is 9.45 Å². The van der Waals surface area contributed by atoms with Crippen LogP contribution in [0, 0.1) is 6.92 Å². The fraction of sp³-hybridized carbons (Fsp3) is 0.571. The van der Waals surface area contributed by atoms with Crippen LogP contribution in [0.15, 0.2) is 18.5 Å². The number of nitrogens with zero attached hydrogens (tertiary/aromatic N) is 5. The average Bonchev–Trinajstić information content (AvgIpc) is 3.16. The van der Waals surface area contributed by atoms with Crippen molar-refractivity contribution >= 4 is 33.9 Å². The minimum absolute atomic E-state index is 0.209. The lowest BCUT2D eigenvalue weighted by molar-refractivity contribution is -0.0222. The molecule has 10 heteroatoms. The second-order valence-electron chi connectivity index (χ2n) is 9.25. The van der Waals surface area contributed by atoms with Crippen LogP contribution < -0.4 is 9.62 Å². The summed E-state index contributed by atoms with van der Waals surface area (Å²) in [6.07, 6.45) is 1.15. The first-order valence-electron chi connectivity index (χ1n) is 10.4. The van der Waals surface area contributed by atoms with Gasteiger partial charge in [-0.3, -0.25) is 4.40 Å². The molecule has 31 heavy (non-hydrogen) atoms. The molecule has 1 unspecified atom stereocenters. The number of anilines is 1. The molecule has 0 bridgehead atoms. The summed E-state index contributed by atoms with van der Waals surface area (Å²) in [6.45, 7) is 10.1. The number of piperidine rings is 1. The van der Waals surface area contributed by atoms with E-state index in [1.807, 2.05) is 51.7 Å². The fourth-order valence-electron chi connectivity index (χ4n) is 3.81. The Kier molecular flexibility index (Phi) is 5.60. The molecule has 3 heterocycles. The monoisotopic (exact) mass is 450 g/mol. The molecule has 3 aromatic rings. The highest BCUT2D eigenvalue weighted by Crippen LogP contribution is 2.34. The molecule has 1 fully saturated rings. The van der Waals surface area contributed by atoms with Crippen molar-refractivity contribution in [2.24, 2.45) is 0 Å². The van der Waals surface area contributed by atoms with Gasteiger partial charge in [0.25, 0.3) is 5.92 Å². The van der Waals surface area contributed by atoms with E-state index < -0.39 is 22.0 Å². The number of nitrogens with one attached hydrogen (secondary N) is 1. The summed E-state index contributed by atoms with van der Waals surface area (Å²) in [7, 11) is 0. The topological polar surface area (TPSA) is 81.4 Å². The molecule has 2 aromatic heterocycles. The first kappa shape index (κ1) is 22.2. The van der Waals surface area contributed by atoms with Gasteiger partial charge >= 0.3 is 0 Å². The number of fused-ring (bicyclic) bond motifs is 3. The zero-order valence-electron chi connectivity index (χ0n) is 18.4. The van der Waals surface area contributed by atoms with Crippen molar-refractivity contribution in [2.75, 3.05) is 18.0 Å². The van der Waals surface area contributed by atoms with Crippen molar-refractivity contribution in [1.29, 1.82) is 0 Å². The van der Waals surface area contributed by atoms with Crippen molar-refractivity contribution in [2.45, 2.75) is 64.2 Å². The number of benzene rings is 1. The highest BCUT2D eigenvalue weighted by molar-refractivity contribution is 7.90. The van der Waals surface area contributed by atoms with Crippen molar-refractivity contribution in [3.05, 3.63) is 29.6 Å². The van der Waals surface area contributed by atoms with E-state index in [4.69, 9.17) is 4.98 Å². The number of halogens is 2. The maximum absolute atomic E-state index is 13.7. The van der Waals surface area contributed by atoms with Crippen LogP contribution in [-0.2, 0) is 11.4 Å². The van der Waals surface area contributed by atoms with Crippen molar-refractivity contribution in [3.8, 4) is 0 Å². The van der Waals surface area contributed by atoms with Gasteiger partial charge in [-0.15, -0.1) is 14.9 Å². The molecule has 1 N–H and O–H groups in total. The molecule has 0 aliphatic carbocycles. The third-order valence-corrected chi connectivity index (χ3v) is 7.26. The van der Waals surface area contributed by atoms with E-state index in [9.17, 15) is 13.3 Å². The van der Waals surface area contributed by atoms with Gasteiger partial charge in [0.05, 0.1) is 11.6 Å². The van der Waals surface area contributed by atoms with Gasteiger partial charge in [0.1, 0.15) is 11.1 Å². The van der Waals surface area contributed by atoms with Gasteiger partial charge in [0.2, 0.25) is 5.95 Å². The average molecular weight is 451 g/mol. The molecule has 2 atom stereocenters. The lowest BCUT2D eigenvalue weighted by atomic mass is 10.0. The van der Waals surface area contributed by atoms with E-state index in [1.165, 1.54) is 0 Å². The van der Waals surface area contributed by atoms with Crippen LogP contribution in [0.25, 0.3) is 16.6 Å². The standard InChI is InChI=1S/C21H28F2N6OS/c1-13-10-15(14(2)27-31(30)20(3,4)5)17-16(11-13)18-26-24-12-29(18)19(25-17)28-8-6-21(22,23)7-9-28/h10-12,14,27H,6-9H2,1-5H3/t14?,31-/m1/s1. The summed E-state index contributed by atoms with van der Waals surface area (Å²) in [5.74, 6) is -2.09. The van der Waals surface area contributed by atoms with Gasteiger partial charge in [-0.05, 0) is 46.2 Å². The van der Waals surface area contributed by atoms with Gasteiger partial charge in [-0.2, -0.15) is 0 Å². The van der Waals surface area contributed by atoms with Gasteiger partial charge in [-0.1, -0.05) is 6.07 Å². The molecule has 4 rings (SSSR count). The van der Waals surface area contributed by atoms with E-state index in [1.54, 1.807) is 10.7 Å². The Labute approximate surface area is 183 Å². The van der Waals surface area contributed by atoms with Crippen molar-refractivity contribution in [3.63, 3.8) is 0 Å². The zero-order valence-corrected chi connectivity index (χ0v) is 19.3. The minimum Gasteiger partial charge on any atom is -0.598 e. The molecular formula is C21H28F2N6OS. The summed E-state index contributed by atoms with van der Waals surface area (Å²) < 4.78 is 44.7. The quantitative estimate of drug-likeness (QED) is 0.607. The number of hydrogen-bond acceptors (Lipinski definition) is 6. The third-order valence-electron chi connectivity index (χ3n) is 5.58. The Morgan fingerprint density at radius 2 is 1.90 bits per heavy atom. The number of rotatable bonds is 4. The fourth-order valence-corrected chi connectivity index (χ4v) is 4.61. The summed E-state index contributed by atoms with van der Waals surface area (Å²) in [5.41, 5.74) is 3.26. The molecule has 7 nitrogen and oxygen atoms in total. The maximum atomic E-state index is 13.7. The lowest BCUT2D eigenvalue weighted by Crippen LogP contribution is -2.41. The maximum Gasteiger partial charge on any atom is 0.251 e. The van der Waals surface area contributed by atoms with Crippen LogP contribution in [-0.4, -0.2) is 47.9 Å². The van der Waals surface area contributed by atoms with E-state index >= 15 is 0 Å². The van der Waals surface area contributed by atoms with Crippen molar-refractivity contribution in [1.82, 2.24) is 24.3 Å². The Morgan fingerprint density at radius 1 is 1.23 bits per heavy atom. The van der Waals surface area contributed by atoms with Gasteiger partial charge in [0, 0.05) is 48.2 Å². The molecule has 168 valence electrons. The largest absolute Gasteiger partial charge is 0.598 e. The van der Waals surface area contributed by atoms with Crippen LogP contribution in [0.3, 0.4) is 0 Å². The molecular weight excluding hydrogens is 422 g/mol. The van der Waals surface area contributed by atoms with Crippen LogP contribution in [0.5, 0.6) is 0 Å². The summed E-state index contributed by atoms with van der Waals surface area (Å²) in [5, 5.41) is 9.17. The van der Waals surface area contributed by atoms with E-state index in [0.717, 1.165) is 16.5 Å². The second-order valence-corrected chi connectivity index (χ2v) is 11.2. The molecule has 0 spiro atoms. The van der Waals surface area contributed by atoms with E-state index in [0.29, 0.717) is 17.1 Å². The molecule has 0 radical (unpaired) electrons. The predicted molar refractivity (Wildman–Crippen MR) is 119 cm³/mol. The summed E-state index contributed by atoms with van der Waals surface area (Å²) in [6, 6.07) is 3.78. The van der Waals surface area contributed by atoms with Gasteiger partial charge in [0.15, 0.2) is 5.65 Å². The summed E-state index contributed by atoms with van der Waals surface area (Å²) >= 11 is -1.26. The minimum atomic E-state index is -2.64. The Bertz CT molecular complexity index is 1100. The van der Waals surface area contributed by atoms with E-state index in [-0.39, 0.29) is 32.0 Å². The highest BCUT2D eigenvalue weighted by atomic mass is 32.2. The number of alkyl halides is 2. The van der Waals surface area contributed by atoms with Crippen LogP contribution >= 0.6 is 0 Å². The number of aromatic nitrogens is 4. The first-order valence-corrected chi connectivity index (χ1v) is 11.6. The first-order chi connectivity index (χ1) is 14.5. The Balaban J connectivity index is 1.83. The lowest BCUT2D eigenvalue weighted by Gasteiger charge is -2.33. The van der Waals surface area contributed by atoms with E-state index in [2.05, 4.69) is 14.9 Å². The normalized spacial score (nSPS) is 19.2. The molecule has 1 aliphatic rings. The number of hydrogen-bond donors (Lipinski definition) is 1. The SMILES string of the molecule is Cc1cc(C(C)N[S@+]([O-])C(C)(C)C)c2nc(N3CCC(F)(F)CC3)n3cnnc3c2c1. The number of aryl methyl sites for hydroxylation is 1. The molecule has 1 aliphatic heterocycles. The van der Waals surface area contributed by atoms with Crippen molar-refractivity contribution < 1.29 is 13.3 Å². The molecule has 1 aromatic carbocycles. The summed E-state index contributed by atoms with van der Waals surface area (Å²) in [4.78, 5) is 6.77. The molecule has 1 saturated heterocycles. The van der Waals surface area contributed by atoms with Crippen LogP contribution in [0.2, 0.25) is 0 Å². The smallest absolute Gasteiger partial charge is 0.251 e. The molecule has 0 saturated carbocycles. The Morgan fingerprint density at radius 3 is 2.55 bits per heavy atom. The van der Waals surface area contributed by atoms with Crippen LogP contribution in [0.1, 0.15) is 57.7 Å². The zero-order chi connectivity index (χ0) is 22.6. The third kappa shape index (κ3) is 4.33.